The Bertz CT molecular complexity index is 1040. The Morgan fingerprint density at radius 1 is 1.19 bits per heavy atom. The third-order valence-electron chi connectivity index (χ3n) is 3.68. The molecular formula is C18H17N5O3. The maximum Gasteiger partial charge on any atom is 0.259 e. The quantitative estimate of drug-likeness (QED) is 0.414. The molecule has 2 aromatic heterocycles. The third-order valence-corrected chi connectivity index (χ3v) is 3.68. The predicted octanol–water partition coefficient (Wildman–Crippen LogP) is 2.01. The molecule has 8 heteroatoms. The number of H-pyrrole nitrogens is 1. The van der Waals surface area contributed by atoms with Crippen molar-refractivity contribution in [1.29, 1.82) is 0 Å². The van der Waals surface area contributed by atoms with Crippen LogP contribution in [-0.2, 0) is 0 Å². The van der Waals surface area contributed by atoms with Gasteiger partial charge in [0.1, 0.15) is 11.4 Å². The molecule has 3 rings (SSSR count). The molecule has 0 spiro atoms. The molecule has 26 heavy (non-hydrogen) atoms. The Balaban J connectivity index is 2.07. The van der Waals surface area contributed by atoms with Crippen LogP contribution in [-0.4, -0.2) is 36.1 Å². The fourth-order valence-electron chi connectivity index (χ4n) is 2.40. The van der Waals surface area contributed by atoms with Crippen LogP contribution in [0.15, 0.2) is 57.4 Å². The van der Waals surface area contributed by atoms with Crippen molar-refractivity contribution in [3.05, 3.63) is 58.4 Å². The molecule has 132 valence electrons. The zero-order valence-corrected chi connectivity index (χ0v) is 14.3. The first kappa shape index (κ1) is 17.2. The Hall–Kier alpha value is -3.68. The summed E-state index contributed by atoms with van der Waals surface area (Å²) in [6.07, 6.45) is 1.44. The lowest BCUT2D eigenvalue weighted by molar-refractivity contribution is 0.344. The van der Waals surface area contributed by atoms with Crippen molar-refractivity contribution < 1.29 is 9.47 Å². The number of hydrogen-bond donors (Lipinski definition) is 2. The van der Waals surface area contributed by atoms with E-state index in [1.165, 1.54) is 20.4 Å². The average Bonchev–Trinajstić information content (AvgIpc) is 2.68. The van der Waals surface area contributed by atoms with Gasteiger partial charge in [0.05, 0.1) is 31.7 Å². The van der Waals surface area contributed by atoms with Crippen molar-refractivity contribution >= 4 is 28.6 Å². The van der Waals surface area contributed by atoms with Crippen LogP contribution in [0.3, 0.4) is 0 Å². The van der Waals surface area contributed by atoms with Gasteiger partial charge in [0.15, 0.2) is 5.75 Å². The number of pyridine rings is 2. The van der Waals surface area contributed by atoms with E-state index in [-0.39, 0.29) is 22.7 Å². The summed E-state index contributed by atoms with van der Waals surface area (Å²) < 4.78 is 10.4. The molecule has 3 N–H and O–H groups in total. The monoisotopic (exact) mass is 351 g/mol. The Kier molecular flexibility index (Phi) is 4.93. The number of aliphatic imine (C=N–C) groups is 1. The number of nitrogens with one attached hydrogen (secondary N) is 1. The number of rotatable bonds is 5. The highest BCUT2D eigenvalue weighted by molar-refractivity contribution is 6.38. The number of benzene rings is 1. The molecule has 2 heterocycles. The van der Waals surface area contributed by atoms with Gasteiger partial charge in [-0.2, -0.15) is 10.1 Å². The minimum atomic E-state index is -0.388. The standard InChI is InChI=1S/C18H17N5O3/c1-25-15-9-11-8-13(17(24)21-16(11)22-18(15)26-2)14(23-19)10-20-12-6-4-3-5-7-12/h3-10H,19H2,1-2H3,(H,21,22,24). The van der Waals surface area contributed by atoms with Crippen LogP contribution in [0.1, 0.15) is 5.56 Å². The molecule has 0 amide bonds. The van der Waals surface area contributed by atoms with E-state index in [1.54, 1.807) is 12.1 Å². The summed E-state index contributed by atoms with van der Waals surface area (Å²) in [7, 11) is 2.99. The lowest BCUT2D eigenvalue weighted by Crippen LogP contribution is -2.20. The molecule has 0 saturated heterocycles. The molecule has 0 unspecified atom stereocenters. The van der Waals surface area contributed by atoms with Crippen molar-refractivity contribution in [3.8, 4) is 11.6 Å². The van der Waals surface area contributed by atoms with Crippen molar-refractivity contribution in [2.75, 3.05) is 14.2 Å². The number of fused-ring (bicyclic) bond motifs is 1. The SMILES string of the molecule is COc1cc2cc(C(C=Nc3ccccc3)=NN)c(=O)[nH]c2nc1OC. The number of para-hydroxylation sites is 1. The highest BCUT2D eigenvalue weighted by Crippen LogP contribution is 2.27. The normalized spacial score (nSPS) is 11.8. The van der Waals surface area contributed by atoms with E-state index in [0.717, 1.165) is 5.69 Å². The first-order valence-corrected chi connectivity index (χ1v) is 7.69. The molecule has 0 fully saturated rings. The lowest BCUT2D eigenvalue weighted by atomic mass is 10.1. The van der Waals surface area contributed by atoms with Crippen LogP contribution in [0.2, 0.25) is 0 Å². The van der Waals surface area contributed by atoms with Crippen molar-refractivity contribution in [2.45, 2.75) is 0 Å². The van der Waals surface area contributed by atoms with Crippen molar-refractivity contribution in [1.82, 2.24) is 9.97 Å². The smallest absolute Gasteiger partial charge is 0.259 e. The second-order valence-electron chi connectivity index (χ2n) is 5.26. The van der Waals surface area contributed by atoms with Crippen LogP contribution < -0.4 is 20.9 Å². The van der Waals surface area contributed by atoms with Gasteiger partial charge in [0, 0.05) is 5.39 Å². The fourth-order valence-corrected chi connectivity index (χ4v) is 2.40. The highest BCUT2D eigenvalue weighted by atomic mass is 16.5. The number of hydrogen-bond acceptors (Lipinski definition) is 7. The van der Waals surface area contributed by atoms with Gasteiger partial charge in [0.25, 0.3) is 11.4 Å². The van der Waals surface area contributed by atoms with Crippen LogP contribution in [0.4, 0.5) is 5.69 Å². The summed E-state index contributed by atoms with van der Waals surface area (Å²) in [5, 5.41) is 4.33. The minimum absolute atomic E-state index is 0.242. The maximum atomic E-state index is 12.4. The van der Waals surface area contributed by atoms with Crippen LogP contribution in [0, 0.1) is 0 Å². The van der Waals surface area contributed by atoms with E-state index < -0.39 is 0 Å². The van der Waals surface area contributed by atoms with E-state index in [1.807, 2.05) is 30.3 Å². The van der Waals surface area contributed by atoms with Crippen LogP contribution in [0.25, 0.3) is 11.0 Å². The minimum Gasteiger partial charge on any atom is -0.491 e. The number of aromatic nitrogens is 2. The number of ether oxygens (including phenoxy) is 2. The summed E-state index contributed by atoms with van der Waals surface area (Å²) in [5.41, 5.74) is 1.22. The molecule has 0 aliphatic carbocycles. The maximum absolute atomic E-state index is 12.4. The Labute approximate surface area is 149 Å². The zero-order chi connectivity index (χ0) is 18.5. The van der Waals surface area contributed by atoms with Crippen molar-refractivity contribution in [2.24, 2.45) is 15.9 Å². The van der Waals surface area contributed by atoms with Gasteiger partial charge >= 0.3 is 0 Å². The molecule has 8 nitrogen and oxygen atoms in total. The van der Waals surface area contributed by atoms with E-state index >= 15 is 0 Å². The molecule has 0 saturated carbocycles. The van der Waals surface area contributed by atoms with E-state index in [4.69, 9.17) is 15.3 Å². The molecule has 0 bridgehead atoms. The largest absolute Gasteiger partial charge is 0.491 e. The molecule has 3 aromatic rings. The molecule has 1 aromatic carbocycles. The average molecular weight is 351 g/mol. The molecule has 0 radical (unpaired) electrons. The topological polar surface area (TPSA) is 115 Å². The number of methoxy groups -OCH3 is 2. The van der Waals surface area contributed by atoms with Gasteiger partial charge in [-0.1, -0.05) is 18.2 Å². The van der Waals surface area contributed by atoms with Crippen molar-refractivity contribution in [3.63, 3.8) is 0 Å². The van der Waals surface area contributed by atoms with E-state index in [0.29, 0.717) is 16.8 Å². The Morgan fingerprint density at radius 3 is 2.62 bits per heavy atom. The molecule has 0 aliphatic heterocycles. The second-order valence-corrected chi connectivity index (χ2v) is 5.26. The summed E-state index contributed by atoms with van der Waals surface area (Å²) in [6, 6.07) is 12.6. The first-order chi connectivity index (χ1) is 12.7. The van der Waals surface area contributed by atoms with Gasteiger partial charge in [-0.15, -0.1) is 0 Å². The summed E-state index contributed by atoms with van der Waals surface area (Å²) in [5.74, 6) is 6.19. The molecular weight excluding hydrogens is 334 g/mol. The van der Waals surface area contributed by atoms with Crippen LogP contribution >= 0.6 is 0 Å². The van der Waals surface area contributed by atoms with Gasteiger partial charge in [0.2, 0.25) is 0 Å². The predicted molar refractivity (Wildman–Crippen MR) is 101 cm³/mol. The van der Waals surface area contributed by atoms with E-state index in [2.05, 4.69) is 20.1 Å². The summed E-state index contributed by atoms with van der Waals surface area (Å²) >= 11 is 0. The van der Waals surface area contributed by atoms with E-state index in [9.17, 15) is 4.79 Å². The molecule has 0 atom stereocenters. The van der Waals surface area contributed by atoms with Crippen LogP contribution in [0.5, 0.6) is 11.6 Å². The highest BCUT2D eigenvalue weighted by Gasteiger charge is 2.13. The number of hydrazone groups is 1. The third kappa shape index (κ3) is 3.39. The summed E-state index contributed by atoms with van der Waals surface area (Å²) in [6.45, 7) is 0. The van der Waals surface area contributed by atoms with Gasteiger partial charge in [-0.05, 0) is 24.3 Å². The fraction of sp³-hybridized carbons (Fsp3) is 0.111. The molecule has 0 aliphatic rings. The zero-order valence-electron chi connectivity index (χ0n) is 14.3. The number of nitrogens with two attached hydrogens (primary N) is 1. The van der Waals surface area contributed by atoms with Gasteiger partial charge in [-0.25, -0.2) is 0 Å². The lowest BCUT2D eigenvalue weighted by Gasteiger charge is -2.08. The van der Waals surface area contributed by atoms with Gasteiger partial charge < -0.3 is 20.3 Å². The first-order valence-electron chi connectivity index (χ1n) is 7.69. The number of nitrogens with zero attached hydrogens (tertiary/aromatic N) is 3. The number of aromatic amines is 1. The van der Waals surface area contributed by atoms with Gasteiger partial charge in [-0.3, -0.25) is 9.79 Å². The second kappa shape index (κ2) is 7.47. The summed E-state index contributed by atoms with van der Waals surface area (Å²) in [4.78, 5) is 23.7. The Morgan fingerprint density at radius 2 is 1.96 bits per heavy atom.